The van der Waals surface area contributed by atoms with Crippen LogP contribution in [0.1, 0.15) is 17.3 Å². The molecule has 0 saturated heterocycles. The molecular formula is C10H8F4O3. The van der Waals surface area contributed by atoms with E-state index in [1.54, 1.807) is 0 Å². The van der Waals surface area contributed by atoms with Crippen molar-refractivity contribution < 1.29 is 31.8 Å². The second-order valence-corrected chi connectivity index (χ2v) is 2.83. The van der Waals surface area contributed by atoms with Crippen LogP contribution in [0.3, 0.4) is 0 Å². The highest BCUT2D eigenvalue weighted by atomic mass is 19.3. The molecule has 0 spiro atoms. The van der Waals surface area contributed by atoms with Crippen molar-refractivity contribution in [1.29, 1.82) is 0 Å². The van der Waals surface area contributed by atoms with Crippen molar-refractivity contribution in [1.82, 2.24) is 0 Å². The number of esters is 1. The Hall–Kier alpha value is -1.79. The van der Waals surface area contributed by atoms with Crippen LogP contribution >= 0.6 is 0 Å². The Labute approximate surface area is 93.9 Å². The molecule has 0 unspecified atom stereocenters. The molecule has 0 heterocycles. The summed E-state index contributed by atoms with van der Waals surface area (Å²) >= 11 is 0. The van der Waals surface area contributed by atoms with Crippen LogP contribution in [0, 0.1) is 11.6 Å². The van der Waals surface area contributed by atoms with Crippen LogP contribution in [0.5, 0.6) is 5.75 Å². The first kappa shape index (κ1) is 13.3. The summed E-state index contributed by atoms with van der Waals surface area (Å²) in [6, 6.07) is 1.31. The van der Waals surface area contributed by atoms with Crippen molar-refractivity contribution >= 4 is 5.97 Å². The number of benzene rings is 1. The van der Waals surface area contributed by atoms with Crippen molar-refractivity contribution in [3.63, 3.8) is 0 Å². The zero-order valence-corrected chi connectivity index (χ0v) is 8.68. The number of carbonyl (C=O) groups is 1. The van der Waals surface area contributed by atoms with Gasteiger partial charge in [0.15, 0.2) is 11.6 Å². The van der Waals surface area contributed by atoms with Crippen LogP contribution in [0.2, 0.25) is 0 Å². The largest absolute Gasteiger partial charge is 0.462 e. The SMILES string of the molecule is CCOC(=O)c1c(OC(F)F)ccc(F)c1F. The van der Waals surface area contributed by atoms with Gasteiger partial charge in [-0.15, -0.1) is 0 Å². The van der Waals surface area contributed by atoms with Crippen molar-refractivity contribution in [3.05, 3.63) is 29.3 Å². The van der Waals surface area contributed by atoms with Gasteiger partial charge in [0, 0.05) is 0 Å². The fourth-order valence-electron chi connectivity index (χ4n) is 1.12. The zero-order valence-electron chi connectivity index (χ0n) is 8.68. The lowest BCUT2D eigenvalue weighted by molar-refractivity contribution is -0.0507. The van der Waals surface area contributed by atoms with Gasteiger partial charge in [-0.25, -0.2) is 13.6 Å². The van der Waals surface area contributed by atoms with Gasteiger partial charge in [-0.1, -0.05) is 0 Å². The summed E-state index contributed by atoms with van der Waals surface area (Å²) in [5, 5.41) is 0. The van der Waals surface area contributed by atoms with Gasteiger partial charge in [-0.2, -0.15) is 8.78 Å². The topological polar surface area (TPSA) is 35.5 Å². The predicted octanol–water partition coefficient (Wildman–Crippen LogP) is 2.74. The Morgan fingerprint density at radius 3 is 2.53 bits per heavy atom. The lowest BCUT2D eigenvalue weighted by atomic mass is 10.2. The molecule has 17 heavy (non-hydrogen) atoms. The van der Waals surface area contributed by atoms with E-state index in [2.05, 4.69) is 9.47 Å². The van der Waals surface area contributed by atoms with Crippen LogP contribution in [0.4, 0.5) is 17.6 Å². The van der Waals surface area contributed by atoms with Crippen LogP contribution in [-0.4, -0.2) is 19.2 Å². The number of rotatable bonds is 4. The monoisotopic (exact) mass is 252 g/mol. The van der Waals surface area contributed by atoms with Crippen LogP contribution in [-0.2, 0) is 4.74 Å². The summed E-state index contributed by atoms with van der Waals surface area (Å²) < 4.78 is 58.5. The van der Waals surface area contributed by atoms with Crippen LogP contribution in [0.15, 0.2) is 12.1 Å². The molecule has 0 atom stereocenters. The Kier molecular flexibility index (Phi) is 4.30. The number of alkyl halides is 2. The number of halogens is 4. The maximum absolute atomic E-state index is 13.3. The average Bonchev–Trinajstić information content (AvgIpc) is 2.23. The lowest BCUT2D eigenvalue weighted by Gasteiger charge is -2.10. The maximum atomic E-state index is 13.3. The van der Waals surface area contributed by atoms with E-state index < -0.39 is 35.5 Å². The van der Waals surface area contributed by atoms with Gasteiger partial charge in [0.2, 0.25) is 0 Å². The summed E-state index contributed by atoms with van der Waals surface area (Å²) in [7, 11) is 0. The summed E-state index contributed by atoms with van der Waals surface area (Å²) in [4.78, 5) is 11.3. The molecule has 1 aromatic carbocycles. The van der Waals surface area contributed by atoms with Gasteiger partial charge in [0.05, 0.1) is 6.61 Å². The minimum absolute atomic E-state index is 0.108. The first-order chi connectivity index (χ1) is 7.97. The highest BCUT2D eigenvalue weighted by Crippen LogP contribution is 2.26. The Morgan fingerprint density at radius 1 is 1.35 bits per heavy atom. The molecule has 0 fully saturated rings. The van der Waals surface area contributed by atoms with Crippen molar-refractivity contribution in [2.24, 2.45) is 0 Å². The number of carbonyl (C=O) groups excluding carboxylic acids is 1. The summed E-state index contributed by atoms with van der Waals surface area (Å²) in [5.41, 5.74) is -0.979. The molecule has 1 aromatic rings. The van der Waals surface area contributed by atoms with E-state index in [1.165, 1.54) is 6.92 Å². The molecule has 94 valence electrons. The van der Waals surface area contributed by atoms with E-state index in [9.17, 15) is 22.4 Å². The fraction of sp³-hybridized carbons (Fsp3) is 0.300. The smallest absolute Gasteiger partial charge is 0.387 e. The van der Waals surface area contributed by atoms with Crippen LogP contribution in [0.25, 0.3) is 0 Å². The Morgan fingerprint density at radius 2 is 2.00 bits per heavy atom. The second-order valence-electron chi connectivity index (χ2n) is 2.83. The molecule has 0 N–H and O–H groups in total. The predicted molar refractivity (Wildman–Crippen MR) is 48.9 cm³/mol. The number of hydrogen-bond acceptors (Lipinski definition) is 3. The van der Waals surface area contributed by atoms with Crippen molar-refractivity contribution in [2.75, 3.05) is 6.61 Å². The van der Waals surface area contributed by atoms with E-state index in [-0.39, 0.29) is 6.61 Å². The molecule has 3 nitrogen and oxygen atoms in total. The van der Waals surface area contributed by atoms with Gasteiger partial charge in [0.1, 0.15) is 11.3 Å². The second kappa shape index (κ2) is 5.51. The molecule has 0 bridgehead atoms. The van der Waals surface area contributed by atoms with E-state index in [4.69, 9.17) is 0 Å². The highest BCUT2D eigenvalue weighted by Gasteiger charge is 2.24. The third-order valence-corrected chi connectivity index (χ3v) is 1.75. The van der Waals surface area contributed by atoms with Gasteiger partial charge in [0.25, 0.3) is 0 Å². The molecule has 0 saturated carbocycles. The summed E-state index contributed by atoms with van der Waals surface area (Å²) in [6.07, 6.45) is 0. The summed E-state index contributed by atoms with van der Waals surface area (Å²) in [5.74, 6) is -4.96. The van der Waals surface area contributed by atoms with Gasteiger partial charge in [-0.05, 0) is 19.1 Å². The quantitative estimate of drug-likeness (QED) is 0.610. The van der Waals surface area contributed by atoms with Gasteiger partial charge in [-0.3, -0.25) is 0 Å². The number of hydrogen-bond donors (Lipinski definition) is 0. The minimum atomic E-state index is -3.26. The standard InChI is InChI=1S/C10H8F4O3/c1-2-16-9(15)7-6(17-10(13)14)4-3-5(11)8(7)12/h3-4,10H,2H2,1H3. The Bertz CT molecular complexity index is 420. The molecule has 0 aliphatic carbocycles. The molecular weight excluding hydrogens is 244 g/mol. The Balaban J connectivity index is 3.21. The molecule has 0 aliphatic heterocycles. The molecule has 0 aromatic heterocycles. The van der Waals surface area contributed by atoms with E-state index in [0.29, 0.717) is 6.07 Å². The van der Waals surface area contributed by atoms with Crippen molar-refractivity contribution in [3.8, 4) is 5.75 Å². The normalized spacial score (nSPS) is 10.5. The summed E-state index contributed by atoms with van der Waals surface area (Å²) in [6.45, 7) is -1.93. The van der Waals surface area contributed by atoms with Gasteiger partial charge < -0.3 is 9.47 Å². The molecule has 0 amide bonds. The average molecular weight is 252 g/mol. The van der Waals surface area contributed by atoms with Crippen LogP contribution < -0.4 is 4.74 Å². The maximum Gasteiger partial charge on any atom is 0.387 e. The first-order valence-electron chi connectivity index (χ1n) is 4.57. The molecule has 1 rings (SSSR count). The van der Waals surface area contributed by atoms with E-state index in [0.717, 1.165) is 6.07 Å². The lowest BCUT2D eigenvalue weighted by Crippen LogP contribution is -2.13. The van der Waals surface area contributed by atoms with E-state index in [1.807, 2.05) is 0 Å². The molecule has 7 heteroatoms. The van der Waals surface area contributed by atoms with Gasteiger partial charge >= 0.3 is 12.6 Å². The fourth-order valence-corrected chi connectivity index (χ4v) is 1.12. The zero-order chi connectivity index (χ0) is 13.0. The third kappa shape index (κ3) is 3.08. The van der Waals surface area contributed by atoms with Crippen molar-refractivity contribution in [2.45, 2.75) is 13.5 Å². The van der Waals surface area contributed by atoms with E-state index >= 15 is 0 Å². The number of ether oxygens (including phenoxy) is 2. The third-order valence-electron chi connectivity index (χ3n) is 1.75. The molecule has 0 radical (unpaired) electrons. The minimum Gasteiger partial charge on any atom is -0.462 e. The first-order valence-corrected chi connectivity index (χ1v) is 4.57. The molecule has 0 aliphatic rings. The highest BCUT2D eigenvalue weighted by molar-refractivity contribution is 5.92.